The van der Waals surface area contributed by atoms with E-state index in [9.17, 15) is 4.79 Å². The lowest BCUT2D eigenvalue weighted by Gasteiger charge is -2.33. The summed E-state index contributed by atoms with van der Waals surface area (Å²) in [6.45, 7) is 0. The van der Waals surface area contributed by atoms with Gasteiger partial charge in [-0.1, -0.05) is 19.3 Å². The van der Waals surface area contributed by atoms with Gasteiger partial charge < -0.3 is 11.1 Å². The van der Waals surface area contributed by atoms with Gasteiger partial charge in [0, 0.05) is 6.04 Å². The normalized spacial score (nSPS) is 26.6. The summed E-state index contributed by atoms with van der Waals surface area (Å²) in [7, 11) is 0. The second kappa shape index (κ2) is 5.38. The monoisotopic (exact) mass is 272 g/mol. The van der Waals surface area contributed by atoms with E-state index in [0.717, 1.165) is 37.5 Å². The predicted molar refractivity (Wildman–Crippen MR) is 74.6 cm³/mol. The maximum absolute atomic E-state index is 12.4. The molecule has 3 nitrogen and oxygen atoms in total. The Labute approximate surface area is 116 Å². The van der Waals surface area contributed by atoms with Crippen LogP contribution in [-0.4, -0.2) is 17.5 Å². The molecule has 4 heteroatoms. The molecule has 3 N–H and O–H groups in total. The molecule has 0 aromatic carbocycles. The van der Waals surface area contributed by atoms with E-state index in [4.69, 9.17) is 5.73 Å². The summed E-state index contributed by atoms with van der Waals surface area (Å²) < 4.78 is 0. The van der Waals surface area contributed by atoms with Crippen molar-refractivity contribution in [1.82, 2.24) is 5.32 Å². The number of nitrogens with two attached hydrogens (primary N) is 1. The van der Waals surface area contributed by atoms with Crippen molar-refractivity contribution < 1.29 is 4.79 Å². The number of rotatable bonds is 4. The Morgan fingerprint density at radius 1 is 1.06 bits per heavy atom. The first-order valence-electron chi connectivity index (χ1n) is 7.29. The van der Waals surface area contributed by atoms with E-state index >= 15 is 0 Å². The minimum Gasteiger partial charge on any atom is -0.351 e. The van der Waals surface area contributed by atoms with Crippen molar-refractivity contribution in [2.45, 2.75) is 69.4 Å². The molecule has 0 unspecified atom stereocenters. The summed E-state index contributed by atoms with van der Waals surface area (Å²) in [5, 5.41) is 3.29. The molecule has 104 valence electrons. The minimum absolute atomic E-state index is 0. The second-order valence-corrected chi connectivity index (χ2v) is 6.39. The maximum atomic E-state index is 12.4. The molecular formula is C14H25ClN2O. The third kappa shape index (κ3) is 3.00. The van der Waals surface area contributed by atoms with Crippen LogP contribution in [0.1, 0.15) is 57.8 Å². The average Bonchev–Trinajstić information content (AvgIpc) is 3.17. The quantitative estimate of drug-likeness (QED) is 0.826. The fraction of sp³-hybridized carbons (Fsp3) is 0.929. The van der Waals surface area contributed by atoms with Crippen molar-refractivity contribution in [2.24, 2.45) is 17.6 Å². The van der Waals surface area contributed by atoms with E-state index in [1.165, 1.54) is 32.1 Å². The topological polar surface area (TPSA) is 55.1 Å². The molecule has 18 heavy (non-hydrogen) atoms. The molecule has 0 atom stereocenters. The van der Waals surface area contributed by atoms with E-state index in [0.29, 0.717) is 6.04 Å². The zero-order valence-electron chi connectivity index (χ0n) is 11.0. The Balaban J connectivity index is 0.00000120. The van der Waals surface area contributed by atoms with Crippen molar-refractivity contribution in [1.29, 1.82) is 0 Å². The van der Waals surface area contributed by atoms with Gasteiger partial charge >= 0.3 is 0 Å². The highest BCUT2D eigenvalue weighted by Crippen LogP contribution is 2.44. The van der Waals surface area contributed by atoms with Crippen LogP contribution >= 0.6 is 12.4 Å². The number of carbonyl (C=O) groups excluding carboxylic acids is 1. The highest BCUT2D eigenvalue weighted by Gasteiger charge is 2.45. The Bertz CT molecular complexity index is 295. The predicted octanol–water partition coefficient (Wildman–Crippen LogP) is 2.37. The van der Waals surface area contributed by atoms with Crippen molar-refractivity contribution in [2.75, 3.05) is 0 Å². The van der Waals surface area contributed by atoms with Crippen LogP contribution in [0.5, 0.6) is 0 Å². The van der Waals surface area contributed by atoms with E-state index in [2.05, 4.69) is 5.32 Å². The zero-order chi connectivity index (χ0) is 11.9. The fourth-order valence-electron chi connectivity index (χ4n) is 3.24. The standard InChI is InChI=1S/C14H24N2O.ClH/c15-14(8-2-1-3-9-14)13(17)16-12(10-4-5-10)11-6-7-11;/h10-12H,1-9,15H2,(H,16,17);1H. The molecule has 1 amide bonds. The number of halogens is 1. The Hall–Kier alpha value is -0.280. The molecule has 3 fully saturated rings. The van der Waals surface area contributed by atoms with Crippen molar-refractivity contribution in [3.05, 3.63) is 0 Å². The van der Waals surface area contributed by atoms with Crippen LogP contribution in [0.2, 0.25) is 0 Å². The van der Waals surface area contributed by atoms with Gasteiger partial charge in [0.25, 0.3) is 0 Å². The number of nitrogens with one attached hydrogen (secondary N) is 1. The Kier molecular flexibility index (Phi) is 4.22. The molecule has 0 aliphatic heterocycles. The summed E-state index contributed by atoms with van der Waals surface area (Å²) in [6, 6.07) is 0.449. The molecule has 3 saturated carbocycles. The minimum atomic E-state index is -0.555. The van der Waals surface area contributed by atoms with Gasteiger partial charge in [0.15, 0.2) is 0 Å². The zero-order valence-corrected chi connectivity index (χ0v) is 11.8. The lowest BCUT2D eigenvalue weighted by Crippen LogP contribution is -2.57. The van der Waals surface area contributed by atoms with Gasteiger partial charge in [-0.25, -0.2) is 0 Å². The van der Waals surface area contributed by atoms with Gasteiger partial charge in [-0.15, -0.1) is 12.4 Å². The average molecular weight is 273 g/mol. The number of hydrogen-bond acceptors (Lipinski definition) is 2. The Morgan fingerprint density at radius 2 is 1.56 bits per heavy atom. The molecular weight excluding hydrogens is 248 g/mol. The number of hydrogen-bond donors (Lipinski definition) is 2. The summed E-state index contributed by atoms with van der Waals surface area (Å²) >= 11 is 0. The van der Waals surface area contributed by atoms with Crippen LogP contribution in [0.25, 0.3) is 0 Å². The molecule has 0 spiro atoms. The molecule has 0 bridgehead atoms. The fourth-order valence-corrected chi connectivity index (χ4v) is 3.24. The van der Waals surface area contributed by atoms with Crippen LogP contribution in [0.3, 0.4) is 0 Å². The first-order valence-corrected chi connectivity index (χ1v) is 7.29. The summed E-state index contributed by atoms with van der Waals surface area (Å²) in [5.74, 6) is 1.67. The van der Waals surface area contributed by atoms with Crippen LogP contribution < -0.4 is 11.1 Å². The third-order valence-electron chi connectivity index (χ3n) is 4.76. The number of amides is 1. The van der Waals surface area contributed by atoms with Crippen molar-refractivity contribution >= 4 is 18.3 Å². The highest BCUT2D eigenvalue weighted by atomic mass is 35.5. The molecule has 0 saturated heterocycles. The second-order valence-electron chi connectivity index (χ2n) is 6.39. The summed E-state index contributed by atoms with van der Waals surface area (Å²) in [6.07, 6.45) is 10.4. The smallest absolute Gasteiger partial charge is 0.240 e. The van der Waals surface area contributed by atoms with Gasteiger partial charge in [0.2, 0.25) is 5.91 Å². The molecule has 0 heterocycles. The van der Waals surface area contributed by atoms with Gasteiger partial charge in [0.05, 0.1) is 5.54 Å². The molecule has 3 rings (SSSR count). The molecule has 3 aliphatic carbocycles. The van der Waals surface area contributed by atoms with Crippen LogP contribution in [0.4, 0.5) is 0 Å². The van der Waals surface area contributed by atoms with E-state index in [1.54, 1.807) is 0 Å². The molecule has 0 radical (unpaired) electrons. The van der Waals surface area contributed by atoms with E-state index in [1.807, 2.05) is 0 Å². The highest BCUT2D eigenvalue weighted by molar-refractivity contribution is 5.86. The van der Waals surface area contributed by atoms with Crippen molar-refractivity contribution in [3.63, 3.8) is 0 Å². The van der Waals surface area contributed by atoms with E-state index in [-0.39, 0.29) is 18.3 Å². The van der Waals surface area contributed by atoms with Gasteiger partial charge in [-0.05, 0) is 50.4 Å². The van der Waals surface area contributed by atoms with Crippen LogP contribution in [0, 0.1) is 11.8 Å². The third-order valence-corrected chi connectivity index (χ3v) is 4.76. The first kappa shape index (κ1) is 14.1. The first-order chi connectivity index (χ1) is 8.19. The van der Waals surface area contributed by atoms with Crippen LogP contribution in [-0.2, 0) is 4.79 Å². The molecule has 0 aromatic heterocycles. The van der Waals surface area contributed by atoms with Crippen LogP contribution in [0.15, 0.2) is 0 Å². The lowest BCUT2D eigenvalue weighted by molar-refractivity contribution is -0.128. The Morgan fingerprint density at radius 3 is 2.00 bits per heavy atom. The maximum Gasteiger partial charge on any atom is 0.240 e. The van der Waals surface area contributed by atoms with Gasteiger partial charge in [-0.3, -0.25) is 4.79 Å². The summed E-state index contributed by atoms with van der Waals surface area (Å²) in [4.78, 5) is 12.4. The molecule has 0 aromatic rings. The lowest BCUT2D eigenvalue weighted by atomic mass is 9.81. The van der Waals surface area contributed by atoms with E-state index < -0.39 is 5.54 Å². The molecule has 3 aliphatic rings. The number of carbonyl (C=O) groups is 1. The SMILES string of the molecule is Cl.NC1(C(=O)NC(C2CC2)C2CC2)CCCCC1. The van der Waals surface area contributed by atoms with Crippen molar-refractivity contribution in [3.8, 4) is 0 Å². The van der Waals surface area contributed by atoms with Gasteiger partial charge in [-0.2, -0.15) is 0 Å². The largest absolute Gasteiger partial charge is 0.351 e. The summed E-state index contributed by atoms with van der Waals surface area (Å²) in [5.41, 5.74) is 5.72. The van der Waals surface area contributed by atoms with Gasteiger partial charge in [0.1, 0.15) is 0 Å².